The van der Waals surface area contributed by atoms with Crippen molar-refractivity contribution in [2.45, 2.75) is 6.92 Å². The molecule has 0 heterocycles. The fourth-order valence-corrected chi connectivity index (χ4v) is 2.46. The molecule has 3 rings (SSSR count). The van der Waals surface area contributed by atoms with Crippen LogP contribution in [0.2, 0.25) is 0 Å². The Morgan fingerprint density at radius 1 is 0.731 bits per heavy atom. The number of amides is 2. The van der Waals surface area contributed by atoms with Gasteiger partial charge in [0, 0.05) is 22.5 Å². The Hall–Kier alpha value is -3.47. The maximum atomic E-state index is 12.9. The van der Waals surface area contributed by atoms with Gasteiger partial charge in [0.1, 0.15) is 5.82 Å². The third-order valence-corrected chi connectivity index (χ3v) is 3.76. The number of hydrogen-bond acceptors (Lipinski definition) is 2. The van der Waals surface area contributed by atoms with Gasteiger partial charge in [-0.25, -0.2) is 4.39 Å². The zero-order chi connectivity index (χ0) is 18.5. The number of hydrogen-bond donors (Lipinski definition) is 2. The van der Waals surface area contributed by atoms with Crippen LogP contribution in [-0.4, -0.2) is 11.8 Å². The van der Waals surface area contributed by atoms with E-state index in [0.717, 1.165) is 5.56 Å². The molecule has 3 aromatic carbocycles. The molecule has 0 aliphatic heterocycles. The maximum absolute atomic E-state index is 12.9. The first-order valence-corrected chi connectivity index (χ1v) is 8.06. The van der Waals surface area contributed by atoms with Crippen LogP contribution in [0.1, 0.15) is 26.3 Å². The summed E-state index contributed by atoms with van der Waals surface area (Å²) in [4.78, 5) is 24.8. The van der Waals surface area contributed by atoms with Crippen LogP contribution >= 0.6 is 0 Å². The van der Waals surface area contributed by atoms with Crippen LogP contribution in [0.5, 0.6) is 0 Å². The van der Waals surface area contributed by atoms with Gasteiger partial charge in [-0.15, -0.1) is 0 Å². The maximum Gasteiger partial charge on any atom is 0.255 e. The number of anilines is 2. The molecule has 0 fully saturated rings. The summed E-state index contributed by atoms with van der Waals surface area (Å²) in [6.45, 7) is 1.94. The van der Waals surface area contributed by atoms with Gasteiger partial charge < -0.3 is 10.6 Å². The highest BCUT2D eigenvalue weighted by Gasteiger charge is 2.11. The predicted octanol–water partition coefficient (Wildman–Crippen LogP) is 4.64. The molecule has 26 heavy (non-hydrogen) atoms. The molecule has 0 saturated carbocycles. The summed E-state index contributed by atoms with van der Waals surface area (Å²) in [6.07, 6.45) is 0. The van der Waals surface area contributed by atoms with Crippen LogP contribution in [0.15, 0.2) is 72.8 Å². The minimum absolute atomic E-state index is 0.299. The summed E-state index contributed by atoms with van der Waals surface area (Å²) in [6, 6.07) is 19.4. The number of carbonyl (C=O) groups is 2. The fourth-order valence-electron chi connectivity index (χ4n) is 2.46. The monoisotopic (exact) mass is 348 g/mol. The van der Waals surface area contributed by atoms with Gasteiger partial charge in [-0.2, -0.15) is 0 Å². The molecule has 0 spiro atoms. The van der Waals surface area contributed by atoms with E-state index < -0.39 is 0 Å². The molecule has 4 nitrogen and oxygen atoms in total. The van der Waals surface area contributed by atoms with Gasteiger partial charge in [-0.05, 0) is 67.1 Å². The molecule has 0 aliphatic carbocycles. The molecule has 5 heteroatoms. The standard InChI is InChI=1S/C21H17FN2O2/c1-14-4-2-7-19(12-14)24-21(26)16-6-3-5-15(13-16)20(25)23-18-10-8-17(22)9-11-18/h2-13H,1H3,(H,23,25)(H,24,26). The van der Waals surface area contributed by atoms with E-state index in [1.54, 1.807) is 24.3 Å². The Labute approximate surface area is 150 Å². The molecule has 0 bridgehead atoms. The number of carbonyl (C=O) groups excluding carboxylic acids is 2. The first-order chi connectivity index (χ1) is 12.5. The van der Waals surface area contributed by atoms with Crippen molar-refractivity contribution in [1.29, 1.82) is 0 Å². The van der Waals surface area contributed by atoms with Gasteiger partial charge >= 0.3 is 0 Å². The number of rotatable bonds is 4. The van der Waals surface area contributed by atoms with Crippen molar-refractivity contribution >= 4 is 23.2 Å². The van der Waals surface area contributed by atoms with Crippen molar-refractivity contribution in [1.82, 2.24) is 0 Å². The quantitative estimate of drug-likeness (QED) is 0.722. The number of aryl methyl sites for hydroxylation is 1. The highest BCUT2D eigenvalue weighted by molar-refractivity contribution is 6.08. The van der Waals surface area contributed by atoms with E-state index in [1.807, 2.05) is 25.1 Å². The van der Waals surface area contributed by atoms with E-state index in [4.69, 9.17) is 0 Å². The normalized spacial score (nSPS) is 10.2. The molecular weight excluding hydrogens is 331 g/mol. The lowest BCUT2D eigenvalue weighted by molar-refractivity contribution is 0.102. The summed E-state index contributed by atoms with van der Waals surface area (Å²) < 4.78 is 12.9. The molecule has 0 aliphatic rings. The zero-order valence-corrected chi connectivity index (χ0v) is 14.1. The van der Waals surface area contributed by atoms with Crippen molar-refractivity contribution < 1.29 is 14.0 Å². The van der Waals surface area contributed by atoms with E-state index in [1.165, 1.54) is 30.3 Å². The number of benzene rings is 3. The third-order valence-electron chi connectivity index (χ3n) is 3.76. The Morgan fingerprint density at radius 3 is 1.92 bits per heavy atom. The molecule has 0 radical (unpaired) electrons. The first kappa shape index (κ1) is 17.4. The lowest BCUT2D eigenvalue weighted by Gasteiger charge is -2.08. The second-order valence-corrected chi connectivity index (χ2v) is 5.87. The van der Waals surface area contributed by atoms with E-state index in [0.29, 0.717) is 22.5 Å². The van der Waals surface area contributed by atoms with Crippen LogP contribution in [-0.2, 0) is 0 Å². The van der Waals surface area contributed by atoms with E-state index in [-0.39, 0.29) is 17.6 Å². The lowest BCUT2D eigenvalue weighted by Crippen LogP contribution is -2.15. The van der Waals surface area contributed by atoms with Crippen LogP contribution < -0.4 is 10.6 Å². The van der Waals surface area contributed by atoms with Crippen LogP contribution in [0.3, 0.4) is 0 Å². The number of halogens is 1. The van der Waals surface area contributed by atoms with Crippen LogP contribution in [0, 0.1) is 12.7 Å². The SMILES string of the molecule is Cc1cccc(NC(=O)c2cccc(C(=O)Nc3ccc(F)cc3)c2)c1. The zero-order valence-electron chi connectivity index (χ0n) is 14.1. The largest absolute Gasteiger partial charge is 0.322 e. The molecule has 130 valence electrons. The van der Waals surface area contributed by atoms with Crippen LogP contribution in [0.25, 0.3) is 0 Å². The fraction of sp³-hybridized carbons (Fsp3) is 0.0476. The minimum Gasteiger partial charge on any atom is -0.322 e. The topological polar surface area (TPSA) is 58.2 Å². The Kier molecular flexibility index (Phi) is 5.08. The van der Waals surface area contributed by atoms with Gasteiger partial charge in [0.15, 0.2) is 0 Å². The summed E-state index contributed by atoms with van der Waals surface area (Å²) >= 11 is 0. The first-order valence-electron chi connectivity index (χ1n) is 8.06. The predicted molar refractivity (Wildman–Crippen MR) is 99.9 cm³/mol. The molecule has 3 aromatic rings. The summed E-state index contributed by atoms with van der Waals surface area (Å²) in [7, 11) is 0. The molecular formula is C21H17FN2O2. The van der Waals surface area contributed by atoms with Gasteiger partial charge in [0.2, 0.25) is 0 Å². The van der Waals surface area contributed by atoms with Crippen LogP contribution in [0.4, 0.5) is 15.8 Å². The summed E-state index contributed by atoms with van der Waals surface area (Å²) in [5, 5.41) is 5.48. The van der Waals surface area contributed by atoms with E-state index in [9.17, 15) is 14.0 Å². The van der Waals surface area contributed by atoms with E-state index >= 15 is 0 Å². The number of nitrogens with one attached hydrogen (secondary N) is 2. The average molecular weight is 348 g/mol. The van der Waals surface area contributed by atoms with Gasteiger partial charge in [0.05, 0.1) is 0 Å². The van der Waals surface area contributed by atoms with Crippen molar-refractivity contribution in [2.75, 3.05) is 10.6 Å². The Morgan fingerprint density at radius 2 is 1.31 bits per heavy atom. The summed E-state index contributed by atoms with van der Waals surface area (Å²) in [5.74, 6) is -1.05. The second-order valence-electron chi connectivity index (χ2n) is 5.87. The van der Waals surface area contributed by atoms with Crippen molar-refractivity contribution in [3.63, 3.8) is 0 Å². The lowest BCUT2D eigenvalue weighted by atomic mass is 10.1. The molecule has 2 N–H and O–H groups in total. The summed E-state index contributed by atoms with van der Waals surface area (Å²) in [5.41, 5.74) is 2.92. The molecule has 0 saturated heterocycles. The Bertz CT molecular complexity index is 952. The molecule has 0 unspecified atom stereocenters. The van der Waals surface area contributed by atoms with Crippen molar-refractivity contribution in [3.8, 4) is 0 Å². The molecule has 2 amide bonds. The van der Waals surface area contributed by atoms with E-state index in [2.05, 4.69) is 10.6 Å². The van der Waals surface area contributed by atoms with Gasteiger partial charge in [0.25, 0.3) is 11.8 Å². The molecule has 0 aromatic heterocycles. The van der Waals surface area contributed by atoms with Gasteiger partial charge in [-0.3, -0.25) is 9.59 Å². The highest BCUT2D eigenvalue weighted by atomic mass is 19.1. The van der Waals surface area contributed by atoms with Crippen molar-refractivity contribution in [3.05, 3.63) is 95.3 Å². The highest BCUT2D eigenvalue weighted by Crippen LogP contribution is 2.14. The smallest absolute Gasteiger partial charge is 0.255 e. The third kappa shape index (κ3) is 4.33. The Balaban J connectivity index is 1.73. The molecule has 0 atom stereocenters. The van der Waals surface area contributed by atoms with Gasteiger partial charge in [-0.1, -0.05) is 18.2 Å². The second kappa shape index (κ2) is 7.61. The van der Waals surface area contributed by atoms with Crippen molar-refractivity contribution in [2.24, 2.45) is 0 Å². The minimum atomic E-state index is -0.377. The average Bonchev–Trinajstić information content (AvgIpc) is 2.64.